The first-order chi connectivity index (χ1) is 6.34. The largest absolute Gasteiger partial charge is 0.433 e. The van der Waals surface area contributed by atoms with Crippen molar-refractivity contribution >= 4 is 5.78 Å². The zero-order chi connectivity index (χ0) is 10.9. The van der Waals surface area contributed by atoms with Gasteiger partial charge in [0.1, 0.15) is 5.69 Å². The lowest BCUT2D eigenvalue weighted by atomic mass is 10.0. The van der Waals surface area contributed by atoms with Crippen LogP contribution in [0, 0.1) is 5.92 Å². The molecule has 0 spiro atoms. The quantitative estimate of drug-likeness (QED) is 0.754. The number of nitrogens with one attached hydrogen (secondary N) is 1. The standard InChI is InChI=1S/C8H9F3N2O/c1-4(2)6(14)5-3-12-13-7(5)8(9,10)11/h3-4H,1-2H3,(H,12,13). The van der Waals surface area contributed by atoms with Crippen molar-refractivity contribution in [1.82, 2.24) is 10.2 Å². The van der Waals surface area contributed by atoms with Crippen molar-refractivity contribution in [1.29, 1.82) is 0 Å². The molecular weight excluding hydrogens is 197 g/mol. The smallest absolute Gasteiger partial charge is 0.294 e. The Kier molecular flexibility index (Phi) is 2.64. The van der Waals surface area contributed by atoms with E-state index in [2.05, 4.69) is 5.10 Å². The summed E-state index contributed by atoms with van der Waals surface area (Å²) in [7, 11) is 0. The van der Waals surface area contributed by atoms with Gasteiger partial charge in [-0.05, 0) is 0 Å². The van der Waals surface area contributed by atoms with Crippen LogP contribution in [-0.2, 0) is 6.18 Å². The molecule has 0 aliphatic rings. The van der Waals surface area contributed by atoms with Gasteiger partial charge in [-0.25, -0.2) is 0 Å². The summed E-state index contributed by atoms with van der Waals surface area (Å²) >= 11 is 0. The molecule has 1 aromatic rings. The van der Waals surface area contributed by atoms with E-state index in [1.807, 2.05) is 0 Å². The van der Waals surface area contributed by atoms with Crippen molar-refractivity contribution in [3.63, 3.8) is 0 Å². The molecule has 0 bridgehead atoms. The van der Waals surface area contributed by atoms with E-state index in [0.717, 1.165) is 6.20 Å². The molecule has 0 fully saturated rings. The molecule has 1 aromatic heterocycles. The van der Waals surface area contributed by atoms with E-state index in [4.69, 9.17) is 0 Å². The molecule has 3 nitrogen and oxygen atoms in total. The third-order valence-corrected chi connectivity index (χ3v) is 1.71. The SMILES string of the molecule is CC(C)C(=O)c1cn[nH]c1C(F)(F)F. The number of hydrogen-bond donors (Lipinski definition) is 1. The van der Waals surface area contributed by atoms with Gasteiger partial charge >= 0.3 is 6.18 Å². The predicted octanol–water partition coefficient (Wildman–Crippen LogP) is 2.27. The van der Waals surface area contributed by atoms with Gasteiger partial charge in [0.05, 0.1) is 11.8 Å². The Morgan fingerprint density at radius 1 is 1.50 bits per heavy atom. The number of halogens is 3. The first-order valence-electron chi connectivity index (χ1n) is 3.98. The minimum Gasteiger partial charge on any atom is -0.294 e. The molecule has 6 heteroatoms. The van der Waals surface area contributed by atoms with Crippen LogP contribution in [-0.4, -0.2) is 16.0 Å². The number of alkyl halides is 3. The fourth-order valence-corrected chi connectivity index (χ4v) is 1.00. The van der Waals surface area contributed by atoms with E-state index in [9.17, 15) is 18.0 Å². The molecule has 0 aromatic carbocycles. The molecule has 1 rings (SSSR count). The fourth-order valence-electron chi connectivity index (χ4n) is 1.00. The first-order valence-corrected chi connectivity index (χ1v) is 3.98. The average Bonchev–Trinajstić information content (AvgIpc) is 2.48. The van der Waals surface area contributed by atoms with Gasteiger partial charge < -0.3 is 0 Å². The summed E-state index contributed by atoms with van der Waals surface area (Å²) < 4.78 is 36.8. The van der Waals surface area contributed by atoms with E-state index in [1.54, 1.807) is 5.10 Å². The van der Waals surface area contributed by atoms with Crippen LogP contribution in [0.2, 0.25) is 0 Å². The normalized spacial score (nSPS) is 12.1. The molecule has 0 amide bonds. The molecule has 0 unspecified atom stereocenters. The molecule has 0 atom stereocenters. The van der Waals surface area contributed by atoms with Gasteiger partial charge in [0, 0.05) is 5.92 Å². The second kappa shape index (κ2) is 3.43. The van der Waals surface area contributed by atoms with Crippen LogP contribution >= 0.6 is 0 Å². The van der Waals surface area contributed by atoms with Crippen LogP contribution in [0.3, 0.4) is 0 Å². The topological polar surface area (TPSA) is 45.8 Å². The van der Waals surface area contributed by atoms with E-state index in [0.29, 0.717) is 0 Å². The molecule has 0 saturated heterocycles. The number of aromatic nitrogens is 2. The Labute approximate surface area is 78.3 Å². The summed E-state index contributed by atoms with van der Waals surface area (Å²) in [5.74, 6) is -1.04. The monoisotopic (exact) mass is 206 g/mol. The highest BCUT2D eigenvalue weighted by Gasteiger charge is 2.37. The third-order valence-electron chi connectivity index (χ3n) is 1.71. The lowest BCUT2D eigenvalue weighted by molar-refractivity contribution is -0.141. The van der Waals surface area contributed by atoms with Crippen LogP contribution in [0.15, 0.2) is 6.20 Å². The zero-order valence-corrected chi connectivity index (χ0v) is 7.64. The Bertz CT molecular complexity index is 341. The zero-order valence-electron chi connectivity index (χ0n) is 7.64. The highest BCUT2D eigenvalue weighted by molar-refractivity contribution is 5.98. The summed E-state index contributed by atoms with van der Waals surface area (Å²) in [4.78, 5) is 11.3. The van der Waals surface area contributed by atoms with Gasteiger partial charge in [0.25, 0.3) is 0 Å². The Morgan fingerprint density at radius 3 is 2.50 bits per heavy atom. The van der Waals surface area contributed by atoms with Gasteiger partial charge in [-0.3, -0.25) is 9.89 Å². The number of Topliss-reactive ketones (excluding diaryl/α,β-unsaturated/α-hetero) is 1. The number of rotatable bonds is 2. The van der Waals surface area contributed by atoms with Crippen molar-refractivity contribution in [3.05, 3.63) is 17.5 Å². The van der Waals surface area contributed by atoms with Crippen LogP contribution in [0.25, 0.3) is 0 Å². The van der Waals surface area contributed by atoms with Gasteiger partial charge in [0.2, 0.25) is 0 Å². The van der Waals surface area contributed by atoms with E-state index in [1.165, 1.54) is 13.8 Å². The van der Waals surface area contributed by atoms with E-state index in [-0.39, 0.29) is 0 Å². The van der Waals surface area contributed by atoms with Crippen molar-refractivity contribution in [2.24, 2.45) is 5.92 Å². The third kappa shape index (κ3) is 1.94. The molecule has 14 heavy (non-hydrogen) atoms. The number of carbonyl (C=O) groups is 1. The number of hydrogen-bond acceptors (Lipinski definition) is 2. The van der Waals surface area contributed by atoms with Crippen molar-refractivity contribution in [2.45, 2.75) is 20.0 Å². The number of aromatic amines is 1. The first kappa shape index (κ1) is 10.7. The highest BCUT2D eigenvalue weighted by atomic mass is 19.4. The summed E-state index contributed by atoms with van der Waals surface area (Å²) in [6, 6.07) is 0. The molecule has 0 aliphatic carbocycles. The number of carbonyl (C=O) groups excluding carboxylic acids is 1. The van der Waals surface area contributed by atoms with E-state index < -0.39 is 29.1 Å². The maximum Gasteiger partial charge on any atom is 0.433 e. The minimum absolute atomic E-state index is 0.396. The van der Waals surface area contributed by atoms with Gasteiger partial charge in [-0.15, -0.1) is 0 Å². The summed E-state index contributed by atoms with van der Waals surface area (Å²) in [6.45, 7) is 3.07. The Morgan fingerprint density at radius 2 is 2.07 bits per heavy atom. The Balaban J connectivity index is 3.12. The molecular formula is C8H9F3N2O. The van der Waals surface area contributed by atoms with Crippen molar-refractivity contribution in [3.8, 4) is 0 Å². The van der Waals surface area contributed by atoms with Crippen LogP contribution in [0.1, 0.15) is 29.9 Å². The van der Waals surface area contributed by atoms with Crippen molar-refractivity contribution < 1.29 is 18.0 Å². The molecule has 0 radical (unpaired) electrons. The predicted molar refractivity (Wildman–Crippen MR) is 42.8 cm³/mol. The summed E-state index contributed by atoms with van der Waals surface area (Å²) in [5.41, 5.74) is -1.47. The summed E-state index contributed by atoms with van der Waals surface area (Å²) in [5, 5.41) is 5.01. The van der Waals surface area contributed by atoms with Gasteiger partial charge in [0.15, 0.2) is 5.78 Å². The number of H-pyrrole nitrogens is 1. The van der Waals surface area contributed by atoms with Gasteiger partial charge in [-0.2, -0.15) is 18.3 Å². The lowest BCUT2D eigenvalue weighted by Gasteiger charge is -2.07. The average molecular weight is 206 g/mol. The second-order valence-electron chi connectivity index (χ2n) is 3.18. The van der Waals surface area contributed by atoms with Crippen LogP contribution < -0.4 is 0 Å². The molecule has 1 N–H and O–H groups in total. The maximum atomic E-state index is 12.3. The maximum absolute atomic E-state index is 12.3. The molecule has 0 saturated carbocycles. The van der Waals surface area contributed by atoms with Crippen molar-refractivity contribution in [2.75, 3.05) is 0 Å². The minimum atomic E-state index is -4.56. The highest BCUT2D eigenvalue weighted by Crippen LogP contribution is 2.30. The fraction of sp³-hybridized carbons (Fsp3) is 0.500. The second-order valence-corrected chi connectivity index (χ2v) is 3.18. The van der Waals surface area contributed by atoms with Gasteiger partial charge in [-0.1, -0.05) is 13.8 Å². The molecule has 0 aliphatic heterocycles. The number of nitrogens with zero attached hydrogens (tertiary/aromatic N) is 1. The van der Waals surface area contributed by atoms with E-state index >= 15 is 0 Å². The van der Waals surface area contributed by atoms with Crippen LogP contribution in [0.4, 0.5) is 13.2 Å². The Hall–Kier alpha value is -1.33. The molecule has 78 valence electrons. The lowest BCUT2D eigenvalue weighted by Crippen LogP contribution is -2.15. The number of ketones is 1. The van der Waals surface area contributed by atoms with Crippen LogP contribution in [0.5, 0.6) is 0 Å². The molecule has 1 heterocycles. The summed E-state index contributed by atoms with van der Waals surface area (Å²) in [6.07, 6.45) is -3.65.